The van der Waals surface area contributed by atoms with Gasteiger partial charge in [0.25, 0.3) is 10.0 Å². The summed E-state index contributed by atoms with van der Waals surface area (Å²) in [4.78, 5) is 29.9. The smallest absolute Gasteiger partial charge is 0.264 e. The molecule has 0 saturated heterocycles. The van der Waals surface area contributed by atoms with Gasteiger partial charge in [-0.15, -0.1) is 0 Å². The molecule has 0 aromatic heterocycles. The second-order valence-electron chi connectivity index (χ2n) is 11.3. The fraction of sp³-hybridized carbons (Fsp3) is 0.278. The minimum atomic E-state index is -4.27. The van der Waals surface area contributed by atoms with Gasteiger partial charge in [0.1, 0.15) is 12.6 Å². The van der Waals surface area contributed by atoms with Gasteiger partial charge in [0, 0.05) is 29.6 Å². The molecular weight excluding hydrogens is 641 g/mol. The van der Waals surface area contributed by atoms with Gasteiger partial charge < -0.3 is 10.2 Å². The highest BCUT2D eigenvalue weighted by Crippen LogP contribution is 2.30. The van der Waals surface area contributed by atoms with E-state index in [1.807, 2.05) is 75.4 Å². The number of hydrogen-bond acceptors (Lipinski definition) is 4. The molecule has 0 aliphatic carbocycles. The molecular formula is C36H39Cl2N3O4S. The van der Waals surface area contributed by atoms with Gasteiger partial charge in [0.15, 0.2) is 0 Å². The molecule has 4 aromatic rings. The van der Waals surface area contributed by atoms with Crippen molar-refractivity contribution < 1.29 is 18.0 Å². The molecule has 0 radical (unpaired) electrons. The average molecular weight is 681 g/mol. The summed E-state index contributed by atoms with van der Waals surface area (Å²) in [6.07, 6.45) is 1.92. The number of unbranched alkanes of at least 4 members (excludes halogenated alkanes) is 1. The van der Waals surface area contributed by atoms with E-state index >= 15 is 0 Å². The van der Waals surface area contributed by atoms with Crippen molar-refractivity contribution in [3.05, 3.63) is 129 Å². The second-order valence-corrected chi connectivity index (χ2v) is 14.0. The Morgan fingerprint density at radius 2 is 1.46 bits per heavy atom. The van der Waals surface area contributed by atoms with Gasteiger partial charge in [-0.25, -0.2) is 8.42 Å². The first-order chi connectivity index (χ1) is 22.0. The van der Waals surface area contributed by atoms with Crippen molar-refractivity contribution in [3.8, 4) is 0 Å². The number of nitrogens with one attached hydrogen (secondary N) is 1. The van der Waals surface area contributed by atoms with Crippen molar-refractivity contribution in [2.75, 3.05) is 17.4 Å². The highest BCUT2D eigenvalue weighted by atomic mass is 35.5. The van der Waals surface area contributed by atoms with Crippen molar-refractivity contribution in [2.45, 2.75) is 57.5 Å². The van der Waals surface area contributed by atoms with Crippen molar-refractivity contribution in [1.29, 1.82) is 0 Å². The van der Waals surface area contributed by atoms with Crippen LogP contribution in [0, 0.1) is 13.8 Å². The van der Waals surface area contributed by atoms with Crippen LogP contribution >= 0.6 is 23.2 Å². The van der Waals surface area contributed by atoms with Crippen LogP contribution in [0.15, 0.2) is 102 Å². The summed E-state index contributed by atoms with van der Waals surface area (Å²) in [5.41, 5.74) is 3.69. The number of halogens is 2. The van der Waals surface area contributed by atoms with E-state index in [4.69, 9.17) is 23.2 Å². The third kappa shape index (κ3) is 9.34. The molecule has 4 rings (SSSR count). The van der Waals surface area contributed by atoms with E-state index < -0.39 is 28.5 Å². The lowest BCUT2D eigenvalue weighted by Gasteiger charge is -2.34. The summed E-state index contributed by atoms with van der Waals surface area (Å²) in [5, 5.41) is 3.43. The lowest BCUT2D eigenvalue weighted by molar-refractivity contribution is -0.140. The predicted molar refractivity (Wildman–Crippen MR) is 186 cm³/mol. The third-order valence-corrected chi connectivity index (χ3v) is 9.78. The zero-order valence-corrected chi connectivity index (χ0v) is 28.6. The minimum absolute atomic E-state index is 0.00498. The van der Waals surface area contributed by atoms with Gasteiger partial charge in [0.05, 0.1) is 10.6 Å². The zero-order valence-electron chi connectivity index (χ0n) is 26.2. The predicted octanol–water partition coefficient (Wildman–Crippen LogP) is 7.36. The van der Waals surface area contributed by atoms with E-state index in [-0.39, 0.29) is 39.5 Å². The van der Waals surface area contributed by atoms with Gasteiger partial charge in [-0.1, -0.05) is 114 Å². The number of aryl methyl sites for hydroxylation is 2. The number of rotatable bonds is 14. The number of hydrogen-bond donors (Lipinski definition) is 1. The van der Waals surface area contributed by atoms with Crippen LogP contribution in [0.25, 0.3) is 0 Å². The molecule has 4 aromatic carbocycles. The average Bonchev–Trinajstić information content (AvgIpc) is 3.01. The first-order valence-corrected chi connectivity index (χ1v) is 17.4. The molecule has 0 spiro atoms. The first-order valence-electron chi connectivity index (χ1n) is 15.2. The molecule has 0 saturated carbocycles. The Hall–Kier alpha value is -3.85. The van der Waals surface area contributed by atoms with Crippen LogP contribution in [0.4, 0.5) is 5.69 Å². The maximum Gasteiger partial charge on any atom is 0.264 e. The molecule has 1 atom stereocenters. The van der Waals surface area contributed by atoms with E-state index in [0.717, 1.165) is 39.4 Å². The number of nitrogens with zero attached hydrogens (tertiary/aromatic N) is 2. The van der Waals surface area contributed by atoms with E-state index in [2.05, 4.69) is 5.32 Å². The molecule has 0 heterocycles. The van der Waals surface area contributed by atoms with E-state index in [1.54, 1.807) is 12.1 Å². The summed E-state index contributed by atoms with van der Waals surface area (Å²) in [6, 6.07) is 27.0. The van der Waals surface area contributed by atoms with Crippen LogP contribution < -0.4 is 9.62 Å². The highest BCUT2D eigenvalue weighted by molar-refractivity contribution is 7.92. The monoisotopic (exact) mass is 679 g/mol. The van der Waals surface area contributed by atoms with Crippen LogP contribution in [-0.4, -0.2) is 44.3 Å². The second kappa shape index (κ2) is 16.1. The van der Waals surface area contributed by atoms with E-state index in [9.17, 15) is 18.0 Å². The largest absolute Gasteiger partial charge is 0.354 e. The molecule has 46 heavy (non-hydrogen) atoms. The molecule has 2 amide bonds. The van der Waals surface area contributed by atoms with Crippen molar-refractivity contribution >= 4 is 50.7 Å². The Morgan fingerprint density at radius 1 is 0.804 bits per heavy atom. The molecule has 242 valence electrons. The topological polar surface area (TPSA) is 86.8 Å². The number of anilines is 1. The quantitative estimate of drug-likeness (QED) is 0.141. The molecule has 0 bridgehead atoms. The summed E-state index contributed by atoms with van der Waals surface area (Å²) >= 11 is 12.6. The number of amides is 2. The molecule has 0 aliphatic heterocycles. The lowest BCUT2D eigenvalue weighted by atomic mass is 10.0. The number of sulfonamides is 1. The van der Waals surface area contributed by atoms with Crippen LogP contribution in [-0.2, 0) is 32.6 Å². The fourth-order valence-corrected chi connectivity index (χ4v) is 7.03. The molecule has 10 heteroatoms. The van der Waals surface area contributed by atoms with Crippen molar-refractivity contribution in [1.82, 2.24) is 10.2 Å². The maximum atomic E-state index is 14.6. The van der Waals surface area contributed by atoms with Crippen LogP contribution in [0.5, 0.6) is 0 Å². The number of carbonyl (C=O) groups is 2. The molecule has 0 unspecified atom stereocenters. The Morgan fingerprint density at radius 3 is 2.09 bits per heavy atom. The van der Waals surface area contributed by atoms with Crippen molar-refractivity contribution in [3.63, 3.8) is 0 Å². The number of carbonyl (C=O) groups excluding carboxylic acids is 2. The first kappa shape index (κ1) is 35.0. The van der Waals surface area contributed by atoms with Crippen LogP contribution in [0.2, 0.25) is 10.0 Å². The van der Waals surface area contributed by atoms with Crippen molar-refractivity contribution in [2.24, 2.45) is 0 Å². The van der Waals surface area contributed by atoms with Gasteiger partial charge in [-0.2, -0.15) is 0 Å². The fourth-order valence-electron chi connectivity index (χ4n) is 5.12. The van der Waals surface area contributed by atoms with Crippen LogP contribution in [0.3, 0.4) is 0 Å². The standard InChI is InChI=1S/C36H39Cl2N3O4S/c1-4-5-18-39-36(43)34(20-28-11-7-6-8-12-28)40(24-29-13-9-10-27(3)19-29)35(42)25-41(32-22-30(37)21-31(38)23-32)46(44,45)33-16-14-26(2)15-17-33/h6-17,19,21-23,34H,4-5,18,20,24-25H2,1-3H3,(H,39,43)/t34-/m1/s1. The van der Waals surface area contributed by atoms with E-state index in [1.165, 1.54) is 35.2 Å². The molecule has 1 N–H and O–H groups in total. The van der Waals surface area contributed by atoms with Gasteiger partial charge >= 0.3 is 0 Å². The number of benzene rings is 4. The Labute approximate surface area is 282 Å². The lowest BCUT2D eigenvalue weighted by Crippen LogP contribution is -2.53. The van der Waals surface area contributed by atoms with Gasteiger partial charge in [0.2, 0.25) is 11.8 Å². The Kier molecular flexibility index (Phi) is 12.3. The maximum absolute atomic E-state index is 14.6. The molecule has 7 nitrogen and oxygen atoms in total. The normalized spacial score (nSPS) is 11.9. The Bertz CT molecular complexity index is 1730. The summed E-state index contributed by atoms with van der Waals surface area (Å²) < 4.78 is 29.4. The zero-order chi connectivity index (χ0) is 33.3. The van der Waals surface area contributed by atoms with Gasteiger partial charge in [-0.3, -0.25) is 13.9 Å². The van der Waals surface area contributed by atoms with Crippen LogP contribution in [0.1, 0.15) is 42.0 Å². The summed E-state index contributed by atoms with van der Waals surface area (Å²) in [6.45, 7) is 5.80. The van der Waals surface area contributed by atoms with Gasteiger partial charge in [-0.05, 0) is 61.7 Å². The minimum Gasteiger partial charge on any atom is -0.354 e. The SMILES string of the molecule is CCCCNC(=O)[C@@H](Cc1ccccc1)N(Cc1cccc(C)c1)C(=O)CN(c1cc(Cl)cc(Cl)c1)S(=O)(=O)c1ccc(C)cc1. The molecule has 0 aliphatic rings. The molecule has 0 fully saturated rings. The Balaban J connectivity index is 1.81. The third-order valence-electron chi connectivity index (χ3n) is 7.56. The summed E-state index contributed by atoms with van der Waals surface area (Å²) in [5.74, 6) is -0.864. The van der Waals surface area contributed by atoms with E-state index in [0.29, 0.717) is 6.54 Å². The highest BCUT2D eigenvalue weighted by Gasteiger charge is 2.34. The summed E-state index contributed by atoms with van der Waals surface area (Å²) in [7, 11) is -4.27.